The van der Waals surface area contributed by atoms with Crippen LogP contribution in [0, 0.1) is 0 Å². The predicted molar refractivity (Wildman–Crippen MR) is 79.7 cm³/mol. The molecule has 3 nitrogen and oxygen atoms in total. The number of methoxy groups -OCH3 is 1. The Balaban J connectivity index is 4.27. The molecule has 0 heterocycles. The molecule has 0 aliphatic rings. The van der Waals surface area contributed by atoms with E-state index in [2.05, 4.69) is 30.8 Å². The van der Waals surface area contributed by atoms with Crippen LogP contribution in [0.2, 0.25) is 0 Å². The fourth-order valence-electron chi connectivity index (χ4n) is 2.01. The Morgan fingerprint density at radius 2 is 1.06 bits per heavy atom. The quantitative estimate of drug-likeness (QED) is 0.470. The summed E-state index contributed by atoms with van der Waals surface area (Å²) in [5, 5.41) is 5.07. The fourth-order valence-corrected chi connectivity index (χ4v) is 2.01. The normalized spacial score (nSPS) is 11.7. The minimum absolute atomic E-state index is 0.832. The zero-order valence-electron chi connectivity index (χ0n) is 13.1. The van der Waals surface area contributed by atoms with Crippen molar-refractivity contribution in [2.24, 2.45) is 0 Å². The van der Waals surface area contributed by atoms with Crippen LogP contribution in [0.1, 0.15) is 59.3 Å². The van der Waals surface area contributed by atoms with Crippen molar-refractivity contribution in [2.45, 2.75) is 59.3 Å². The van der Waals surface area contributed by atoms with Crippen LogP contribution in [0.3, 0.4) is 0 Å². The zero-order chi connectivity index (χ0) is 13.6. The van der Waals surface area contributed by atoms with E-state index >= 15 is 0 Å². The SMILES string of the molecule is CCCCN(CCCC)N(CCCC)CCOC. The third kappa shape index (κ3) is 8.90. The highest BCUT2D eigenvalue weighted by molar-refractivity contribution is 4.59. The summed E-state index contributed by atoms with van der Waals surface area (Å²) in [4.78, 5) is 0. The second-order valence-corrected chi connectivity index (χ2v) is 4.96. The largest absolute Gasteiger partial charge is 0.383 e. The first kappa shape index (κ1) is 17.9. The van der Waals surface area contributed by atoms with Gasteiger partial charge in [0.1, 0.15) is 0 Å². The molecule has 0 aromatic rings. The van der Waals surface area contributed by atoms with Gasteiger partial charge in [0, 0.05) is 33.3 Å². The third-order valence-electron chi connectivity index (χ3n) is 3.26. The van der Waals surface area contributed by atoms with Gasteiger partial charge in [0.15, 0.2) is 0 Å². The van der Waals surface area contributed by atoms with Crippen molar-refractivity contribution in [1.29, 1.82) is 0 Å². The minimum Gasteiger partial charge on any atom is -0.383 e. The molecular weight excluding hydrogens is 224 g/mol. The maximum atomic E-state index is 5.24. The lowest BCUT2D eigenvalue weighted by molar-refractivity contribution is -0.0424. The van der Waals surface area contributed by atoms with Gasteiger partial charge >= 0.3 is 0 Å². The van der Waals surface area contributed by atoms with Gasteiger partial charge in [-0.2, -0.15) is 0 Å². The summed E-state index contributed by atoms with van der Waals surface area (Å²) in [6.07, 6.45) is 7.67. The van der Waals surface area contributed by atoms with Gasteiger partial charge in [-0.15, -0.1) is 0 Å². The van der Waals surface area contributed by atoms with Crippen LogP contribution in [-0.4, -0.2) is 49.9 Å². The lowest BCUT2D eigenvalue weighted by atomic mass is 10.3. The summed E-state index contributed by atoms with van der Waals surface area (Å²) in [7, 11) is 1.79. The number of hydrogen-bond donors (Lipinski definition) is 0. The summed E-state index contributed by atoms with van der Waals surface area (Å²) >= 11 is 0. The number of nitrogens with zero attached hydrogens (tertiary/aromatic N) is 2. The predicted octanol–water partition coefficient (Wildman–Crippen LogP) is 3.55. The Morgan fingerprint density at radius 1 is 0.667 bits per heavy atom. The van der Waals surface area contributed by atoms with Gasteiger partial charge in [-0.1, -0.05) is 40.0 Å². The molecule has 0 aromatic heterocycles. The topological polar surface area (TPSA) is 15.7 Å². The molecule has 0 unspecified atom stereocenters. The van der Waals surface area contributed by atoms with Crippen LogP contribution in [0.15, 0.2) is 0 Å². The van der Waals surface area contributed by atoms with Gasteiger partial charge in [-0.05, 0) is 19.3 Å². The number of hydrazine groups is 1. The van der Waals surface area contributed by atoms with E-state index in [1.165, 1.54) is 58.2 Å². The lowest BCUT2D eigenvalue weighted by Crippen LogP contribution is -2.45. The number of ether oxygens (including phenoxy) is 1. The molecule has 0 N–H and O–H groups in total. The van der Waals surface area contributed by atoms with E-state index in [1.54, 1.807) is 7.11 Å². The van der Waals surface area contributed by atoms with E-state index in [1.807, 2.05) is 0 Å². The van der Waals surface area contributed by atoms with Crippen LogP contribution in [-0.2, 0) is 4.74 Å². The zero-order valence-corrected chi connectivity index (χ0v) is 13.1. The summed E-state index contributed by atoms with van der Waals surface area (Å²) in [6.45, 7) is 12.2. The van der Waals surface area contributed by atoms with Crippen LogP contribution < -0.4 is 0 Å². The van der Waals surface area contributed by atoms with E-state index in [4.69, 9.17) is 4.74 Å². The molecule has 0 bridgehead atoms. The molecule has 18 heavy (non-hydrogen) atoms. The lowest BCUT2D eigenvalue weighted by Gasteiger charge is -2.35. The molecule has 0 aliphatic heterocycles. The Kier molecular flexibility index (Phi) is 13.2. The van der Waals surface area contributed by atoms with Crippen molar-refractivity contribution in [3.05, 3.63) is 0 Å². The molecule has 0 aromatic carbocycles. The maximum Gasteiger partial charge on any atom is 0.0603 e. The van der Waals surface area contributed by atoms with Gasteiger partial charge in [-0.25, -0.2) is 10.0 Å². The highest BCUT2D eigenvalue weighted by atomic mass is 16.5. The van der Waals surface area contributed by atoms with Gasteiger partial charge < -0.3 is 4.74 Å². The second kappa shape index (κ2) is 13.3. The fraction of sp³-hybridized carbons (Fsp3) is 1.00. The summed E-state index contributed by atoms with van der Waals surface area (Å²) in [6, 6.07) is 0. The van der Waals surface area contributed by atoms with Crippen molar-refractivity contribution in [3.63, 3.8) is 0 Å². The molecule has 0 saturated carbocycles. The van der Waals surface area contributed by atoms with E-state index in [-0.39, 0.29) is 0 Å². The van der Waals surface area contributed by atoms with Crippen LogP contribution >= 0.6 is 0 Å². The van der Waals surface area contributed by atoms with Crippen LogP contribution in [0.4, 0.5) is 0 Å². The molecule has 0 radical (unpaired) electrons. The van der Waals surface area contributed by atoms with E-state index in [0.29, 0.717) is 0 Å². The molecule has 0 rings (SSSR count). The molecule has 0 saturated heterocycles. The van der Waals surface area contributed by atoms with Gasteiger partial charge in [0.25, 0.3) is 0 Å². The standard InChI is InChI=1S/C15H34N2O/c1-5-8-11-16(12-9-6-2)17(13-10-7-3)14-15-18-4/h5-15H2,1-4H3. The highest BCUT2D eigenvalue weighted by Gasteiger charge is 2.13. The van der Waals surface area contributed by atoms with Crippen molar-refractivity contribution in [3.8, 4) is 0 Å². The Morgan fingerprint density at radius 3 is 1.39 bits per heavy atom. The Bertz CT molecular complexity index is 131. The van der Waals surface area contributed by atoms with E-state index in [9.17, 15) is 0 Å². The van der Waals surface area contributed by atoms with Crippen molar-refractivity contribution < 1.29 is 4.74 Å². The van der Waals surface area contributed by atoms with E-state index in [0.717, 1.165) is 13.2 Å². The van der Waals surface area contributed by atoms with E-state index < -0.39 is 0 Å². The first-order valence-corrected chi connectivity index (χ1v) is 7.78. The van der Waals surface area contributed by atoms with Gasteiger partial charge in [0.05, 0.1) is 6.61 Å². The summed E-state index contributed by atoms with van der Waals surface area (Å²) < 4.78 is 5.24. The van der Waals surface area contributed by atoms with Crippen LogP contribution in [0.5, 0.6) is 0 Å². The number of rotatable bonds is 13. The van der Waals surface area contributed by atoms with Crippen molar-refractivity contribution >= 4 is 0 Å². The molecule has 0 fully saturated rings. The molecule has 0 aliphatic carbocycles. The molecule has 3 heteroatoms. The molecule has 0 atom stereocenters. The molecule has 0 spiro atoms. The Hall–Kier alpha value is -0.120. The summed E-state index contributed by atoms with van der Waals surface area (Å²) in [5.41, 5.74) is 0. The molecule has 0 amide bonds. The van der Waals surface area contributed by atoms with Gasteiger partial charge in [-0.3, -0.25) is 0 Å². The second-order valence-electron chi connectivity index (χ2n) is 4.96. The monoisotopic (exact) mass is 258 g/mol. The highest BCUT2D eigenvalue weighted by Crippen LogP contribution is 2.06. The van der Waals surface area contributed by atoms with Crippen molar-refractivity contribution in [1.82, 2.24) is 10.0 Å². The Labute approximate surface area is 114 Å². The smallest absolute Gasteiger partial charge is 0.0603 e. The van der Waals surface area contributed by atoms with Gasteiger partial charge in [0.2, 0.25) is 0 Å². The average Bonchev–Trinajstić information content (AvgIpc) is 2.40. The average molecular weight is 258 g/mol. The maximum absolute atomic E-state index is 5.24. The molecule has 110 valence electrons. The van der Waals surface area contributed by atoms with Crippen LogP contribution in [0.25, 0.3) is 0 Å². The first-order valence-electron chi connectivity index (χ1n) is 7.78. The number of unbranched alkanes of at least 4 members (excludes halogenated alkanes) is 3. The third-order valence-corrected chi connectivity index (χ3v) is 3.26. The number of hydrogen-bond acceptors (Lipinski definition) is 3. The minimum atomic E-state index is 0.832. The van der Waals surface area contributed by atoms with Crippen molar-refractivity contribution in [2.75, 3.05) is 39.9 Å². The first-order chi connectivity index (χ1) is 8.79. The summed E-state index contributed by atoms with van der Waals surface area (Å²) in [5.74, 6) is 0. The molecular formula is C15H34N2O.